The van der Waals surface area contributed by atoms with Gasteiger partial charge in [-0.2, -0.15) is 0 Å². The number of hydrogen-bond acceptors (Lipinski definition) is 4. The van der Waals surface area contributed by atoms with Crippen LogP contribution in [0.2, 0.25) is 5.02 Å². The van der Waals surface area contributed by atoms with Gasteiger partial charge in [-0.15, -0.1) is 0 Å². The largest absolute Gasteiger partial charge is 0.458 e. The molecule has 0 radical (unpaired) electrons. The third-order valence-electron chi connectivity index (χ3n) is 4.10. The summed E-state index contributed by atoms with van der Waals surface area (Å²) in [6.45, 7) is 1.18. The van der Waals surface area contributed by atoms with Crippen LogP contribution in [0.1, 0.15) is 16.8 Å². The number of aromatic amines is 1. The van der Waals surface area contributed by atoms with E-state index >= 15 is 0 Å². The highest BCUT2D eigenvalue weighted by atomic mass is 35.5. The molecule has 3 heterocycles. The maximum absolute atomic E-state index is 12.7. The lowest BCUT2D eigenvalue weighted by atomic mass is 10.1. The van der Waals surface area contributed by atoms with Gasteiger partial charge in [0.2, 0.25) is 0 Å². The molecule has 1 aliphatic heterocycles. The van der Waals surface area contributed by atoms with Gasteiger partial charge in [0.1, 0.15) is 6.10 Å². The molecule has 0 saturated carbocycles. The second-order valence-electron chi connectivity index (χ2n) is 5.74. The number of nitrogens with zero attached hydrogens (tertiary/aromatic N) is 3. The number of benzene rings is 1. The van der Waals surface area contributed by atoms with Gasteiger partial charge in [-0.3, -0.25) is 4.79 Å². The highest BCUT2D eigenvalue weighted by Gasteiger charge is 2.29. The number of carbonyl (C=O) groups excluding carboxylic acids is 1. The van der Waals surface area contributed by atoms with E-state index in [-0.39, 0.29) is 18.0 Å². The Kier molecular flexibility index (Phi) is 3.82. The summed E-state index contributed by atoms with van der Waals surface area (Å²) in [7, 11) is 0. The van der Waals surface area contributed by atoms with E-state index < -0.39 is 0 Å². The summed E-state index contributed by atoms with van der Waals surface area (Å²) in [6, 6.07) is 7.92. The van der Waals surface area contributed by atoms with Gasteiger partial charge in [0.25, 0.3) is 5.91 Å². The van der Waals surface area contributed by atoms with E-state index in [2.05, 4.69) is 15.0 Å². The molecule has 122 valence electrons. The van der Waals surface area contributed by atoms with Crippen LogP contribution in [0.5, 0.6) is 6.01 Å². The molecule has 0 aliphatic carbocycles. The molecular weight excluding hydrogens is 328 g/mol. The van der Waals surface area contributed by atoms with Gasteiger partial charge >= 0.3 is 6.01 Å². The predicted octanol–water partition coefficient (Wildman–Crippen LogP) is 2.90. The van der Waals surface area contributed by atoms with Gasteiger partial charge in [0, 0.05) is 35.6 Å². The minimum Gasteiger partial charge on any atom is -0.458 e. The molecule has 6 nitrogen and oxygen atoms in total. The third kappa shape index (κ3) is 2.92. The lowest BCUT2D eigenvalue weighted by Crippen LogP contribution is -2.31. The molecule has 1 aromatic carbocycles. The van der Waals surface area contributed by atoms with Crippen molar-refractivity contribution in [2.24, 2.45) is 0 Å². The van der Waals surface area contributed by atoms with Crippen molar-refractivity contribution in [1.82, 2.24) is 19.9 Å². The predicted molar refractivity (Wildman–Crippen MR) is 90.3 cm³/mol. The number of carbonyl (C=O) groups is 1. The average Bonchev–Trinajstić information content (AvgIpc) is 3.24. The molecule has 24 heavy (non-hydrogen) atoms. The Labute approximate surface area is 143 Å². The van der Waals surface area contributed by atoms with Crippen molar-refractivity contribution < 1.29 is 9.53 Å². The molecule has 0 unspecified atom stereocenters. The number of aromatic nitrogens is 3. The van der Waals surface area contributed by atoms with Crippen LogP contribution in [0, 0.1) is 0 Å². The second-order valence-corrected chi connectivity index (χ2v) is 6.18. The molecule has 1 fully saturated rings. The first-order valence-electron chi connectivity index (χ1n) is 7.70. The van der Waals surface area contributed by atoms with Crippen molar-refractivity contribution in [3.05, 3.63) is 53.4 Å². The van der Waals surface area contributed by atoms with E-state index in [1.54, 1.807) is 4.90 Å². The topological polar surface area (TPSA) is 71.1 Å². The Morgan fingerprint density at radius 1 is 1.29 bits per heavy atom. The molecule has 0 spiro atoms. The highest BCUT2D eigenvalue weighted by Crippen LogP contribution is 2.20. The van der Waals surface area contributed by atoms with Gasteiger partial charge in [-0.05, 0) is 24.3 Å². The maximum Gasteiger partial charge on any atom is 0.316 e. The van der Waals surface area contributed by atoms with Crippen molar-refractivity contribution >= 4 is 28.4 Å². The second kappa shape index (κ2) is 6.13. The van der Waals surface area contributed by atoms with Crippen LogP contribution in [0.3, 0.4) is 0 Å². The molecule has 4 rings (SSSR count). The van der Waals surface area contributed by atoms with Crippen LogP contribution in [0.15, 0.2) is 42.9 Å². The van der Waals surface area contributed by atoms with Gasteiger partial charge in [-0.1, -0.05) is 11.6 Å². The van der Waals surface area contributed by atoms with Crippen molar-refractivity contribution in [1.29, 1.82) is 0 Å². The fourth-order valence-corrected chi connectivity index (χ4v) is 2.99. The first-order chi connectivity index (χ1) is 11.7. The third-order valence-corrected chi connectivity index (χ3v) is 4.30. The minimum atomic E-state index is -0.105. The molecule has 1 atom stereocenters. The van der Waals surface area contributed by atoms with E-state index in [0.717, 1.165) is 17.3 Å². The number of halogens is 1. The maximum atomic E-state index is 12.7. The lowest BCUT2D eigenvalue weighted by Gasteiger charge is -2.16. The molecule has 1 amide bonds. The van der Waals surface area contributed by atoms with Crippen LogP contribution >= 0.6 is 11.6 Å². The van der Waals surface area contributed by atoms with E-state index in [1.165, 1.54) is 12.4 Å². The van der Waals surface area contributed by atoms with Crippen LogP contribution in [0.4, 0.5) is 0 Å². The van der Waals surface area contributed by atoms with Crippen molar-refractivity contribution in [2.75, 3.05) is 13.1 Å². The molecule has 1 N–H and O–H groups in total. The lowest BCUT2D eigenvalue weighted by molar-refractivity contribution is 0.0770. The summed E-state index contributed by atoms with van der Waals surface area (Å²) in [5, 5.41) is 1.49. The quantitative estimate of drug-likeness (QED) is 0.794. The van der Waals surface area contributed by atoms with Crippen molar-refractivity contribution in [3.63, 3.8) is 0 Å². The van der Waals surface area contributed by atoms with Crippen LogP contribution in [0.25, 0.3) is 10.9 Å². The minimum absolute atomic E-state index is 0.0150. The Hall–Kier alpha value is -2.60. The first kappa shape index (κ1) is 15.0. The van der Waals surface area contributed by atoms with E-state index in [9.17, 15) is 4.79 Å². The summed E-state index contributed by atoms with van der Waals surface area (Å²) < 4.78 is 5.72. The summed E-state index contributed by atoms with van der Waals surface area (Å²) in [5.41, 5.74) is 1.71. The monoisotopic (exact) mass is 342 g/mol. The van der Waals surface area contributed by atoms with Crippen molar-refractivity contribution in [3.8, 4) is 6.01 Å². The number of fused-ring (bicyclic) bond motifs is 1. The fourth-order valence-electron chi connectivity index (χ4n) is 2.89. The molecule has 1 aliphatic rings. The number of amides is 1. The number of rotatable bonds is 3. The van der Waals surface area contributed by atoms with Gasteiger partial charge in [0.15, 0.2) is 0 Å². The zero-order valence-corrected chi connectivity index (χ0v) is 13.5. The van der Waals surface area contributed by atoms with E-state index in [4.69, 9.17) is 16.3 Å². The summed E-state index contributed by atoms with van der Waals surface area (Å²) in [5.74, 6) is 0.0150. The first-order valence-corrected chi connectivity index (χ1v) is 8.07. The fraction of sp³-hybridized carbons (Fsp3) is 0.235. The number of ether oxygens (including phenoxy) is 1. The Morgan fingerprint density at radius 2 is 2.12 bits per heavy atom. The summed E-state index contributed by atoms with van der Waals surface area (Å²) in [4.78, 5) is 25.6. The normalized spacial score (nSPS) is 17.4. The molecule has 0 bridgehead atoms. The molecule has 7 heteroatoms. The SMILES string of the molecule is O=C(c1ccc2[nH]ccc2c1)N1CC[C@H](Oc2ncc(Cl)cn2)C1. The number of likely N-dealkylation sites (tertiary alicyclic amines) is 1. The smallest absolute Gasteiger partial charge is 0.316 e. The van der Waals surface area contributed by atoms with Gasteiger partial charge in [0.05, 0.1) is 24.0 Å². The summed E-state index contributed by atoms with van der Waals surface area (Å²) >= 11 is 5.76. The van der Waals surface area contributed by atoms with Gasteiger partial charge < -0.3 is 14.6 Å². The van der Waals surface area contributed by atoms with E-state index in [1.807, 2.05) is 30.5 Å². The summed E-state index contributed by atoms with van der Waals surface area (Å²) in [6.07, 6.45) is 5.50. The van der Waals surface area contributed by atoms with Crippen LogP contribution in [-0.2, 0) is 0 Å². The molecule has 1 saturated heterocycles. The number of hydrogen-bond donors (Lipinski definition) is 1. The van der Waals surface area contributed by atoms with Gasteiger partial charge in [-0.25, -0.2) is 9.97 Å². The van der Waals surface area contributed by atoms with Crippen LogP contribution < -0.4 is 4.74 Å². The van der Waals surface area contributed by atoms with Crippen LogP contribution in [-0.4, -0.2) is 45.0 Å². The Balaban J connectivity index is 1.43. The molecular formula is C17H15ClN4O2. The molecule has 3 aromatic rings. The zero-order chi connectivity index (χ0) is 16.5. The van der Waals surface area contributed by atoms with Crippen molar-refractivity contribution in [2.45, 2.75) is 12.5 Å². The zero-order valence-electron chi connectivity index (χ0n) is 12.8. The Bertz CT molecular complexity index is 878. The highest BCUT2D eigenvalue weighted by molar-refractivity contribution is 6.30. The number of H-pyrrole nitrogens is 1. The standard InChI is InChI=1S/C17H15ClN4O2/c18-13-8-20-17(21-9-13)24-14-4-6-22(10-14)16(23)12-1-2-15-11(7-12)3-5-19-15/h1-3,5,7-9,14,19H,4,6,10H2/t14-/m0/s1. The van der Waals surface area contributed by atoms with E-state index in [0.29, 0.717) is 23.7 Å². The average molecular weight is 343 g/mol. The Morgan fingerprint density at radius 3 is 2.96 bits per heavy atom. The number of nitrogens with one attached hydrogen (secondary N) is 1. The molecule has 2 aromatic heterocycles.